The Labute approximate surface area is 181 Å². The molecule has 162 valence electrons. The molecule has 4 rings (SSSR count). The Balaban J connectivity index is 1.73. The summed E-state index contributed by atoms with van der Waals surface area (Å²) in [6.45, 7) is 3.75. The van der Waals surface area contributed by atoms with Crippen molar-refractivity contribution in [2.45, 2.75) is 39.0 Å². The van der Waals surface area contributed by atoms with Gasteiger partial charge in [-0.25, -0.2) is 9.97 Å². The average Bonchev–Trinajstić information content (AvgIpc) is 3.12. The second kappa shape index (κ2) is 7.64. The molecule has 1 aliphatic rings. The van der Waals surface area contributed by atoms with Crippen molar-refractivity contribution in [1.29, 1.82) is 0 Å². The number of hydrogen-bond donors (Lipinski definition) is 0. The zero-order valence-electron chi connectivity index (χ0n) is 17.0. The molecular formula is C21H19ClF3N5O. The number of benzene rings is 1. The molecule has 0 aliphatic carbocycles. The third-order valence-corrected chi connectivity index (χ3v) is 5.82. The van der Waals surface area contributed by atoms with E-state index in [1.165, 1.54) is 17.0 Å². The van der Waals surface area contributed by atoms with Crippen molar-refractivity contribution in [3.8, 4) is 11.4 Å². The van der Waals surface area contributed by atoms with E-state index in [9.17, 15) is 18.0 Å². The zero-order chi connectivity index (χ0) is 22.5. The molecule has 1 amide bonds. The number of aromatic nitrogens is 4. The molecule has 0 N–H and O–H groups in total. The van der Waals surface area contributed by atoms with Crippen LogP contribution < -0.4 is 0 Å². The topological polar surface area (TPSA) is 63.9 Å². The van der Waals surface area contributed by atoms with E-state index in [1.807, 2.05) is 20.0 Å². The maximum atomic E-state index is 13.2. The summed E-state index contributed by atoms with van der Waals surface area (Å²) in [7, 11) is 1.82. The van der Waals surface area contributed by atoms with Gasteiger partial charge in [-0.1, -0.05) is 17.7 Å². The number of carbonyl (C=O) groups excluding carboxylic acids is 1. The van der Waals surface area contributed by atoms with Crippen LogP contribution in [0.15, 0.2) is 30.5 Å². The van der Waals surface area contributed by atoms with Crippen molar-refractivity contribution in [1.82, 2.24) is 24.6 Å². The highest BCUT2D eigenvalue weighted by Gasteiger charge is 2.37. The third kappa shape index (κ3) is 3.78. The van der Waals surface area contributed by atoms with E-state index in [0.29, 0.717) is 17.9 Å². The van der Waals surface area contributed by atoms with Gasteiger partial charge in [-0.05, 0) is 38.5 Å². The van der Waals surface area contributed by atoms with Gasteiger partial charge in [0.2, 0.25) is 0 Å². The summed E-state index contributed by atoms with van der Waals surface area (Å²) in [5.41, 5.74) is 1.94. The van der Waals surface area contributed by atoms with E-state index < -0.39 is 22.7 Å². The van der Waals surface area contributed by atoms with Gasteiger partial charge in [0.05, 0.1) is 39.8 Å². The first kappa shape index (κ1) is 21.3. The van der Waals surface area contributed by atoms with E-state index in [4.69, 9.17) is 11.6 Å². The highest BCUT2D eigenvalue weighted by Crippen LogP contribution is 2.37. The van der Waals surface area contributed by atoms with Crippen molar-refractivity contribution in [3.63, 3.8) is 0 Å². The molecule has 0 saturated heterocycles. The Bertz CT molecular complexity index is 1170. The van der Waals surface area contributed by atoms with Crippen LogP contribution in [-0.4, -0.2) is 36.6 Å². The number of carbonyl (C=O) groups is 1. The van der Waals surface area contributed by atoms with Gasteiger partial charge >= 0.3 is 6.18 Å². The van der Waals surface area contributed by atoms with Gasteiger partial charge in [0.25, 0.3) is 5.91 Å². The summed E-state index contributed by atoms with van der Waals surface area (Å²) in [4.78, 5) is 23.8. The summed E-state index contributed by atoms with van der Waals surface area (Å²) >= 11 is 5.99. The lowest BCUT2D eigenvalue weighted by Crippen LogP contribution is -2.43. The molecule has 3 aromatic rings. The second-order valence-electron chi connectivity index (χ2n) is 7.54. The predicted molar refractivity (Wildman–Crippen MR) is 108 cm³/mol. The SMILES string of the molecule is Cc1nc2c(c(-c3ccnn3C)n1)C[C@@H](C)N(C(=O)c1cccc(C(F)(F)F)c1Cl)C2. The first-order valence-corrected chi connectivity index (χ1v) is 9.97. The number of halogens is 4. The molecule has 1 aliphatic heterocycles. The van der Waals surface area contributed by atoms with Crippen LogP contribution in [0.1, 0.15) is 39.9 Å². The number of hydrogen-bond acceptors (Lipinski definition) is 4. The van der Waals surface area contributed by atoms with Crippen LogP contribution >= 0.6 is 11.6 Å². The van der Waals surface area contributed by atoms with Crippen LogP contribution in [0, 0.1) is 6.92 Å². The van der Waals surface area contributed by atoms with Crippen molar-refractivity contribution >= 4 is 17.5 Å². The van der Waals surface area contributed by atoms with E-state index in [-0.39, 0.29) is 18.2 Å². The normalized spacial score (nSPS) is 16.4. The molecule has 0 bridgehead atoms. The maximum absolute atomic E-state index is 13.2. The largest absolute Gasteiger partial charge is 0.417 e. The highest BCUT2D eigenvalue weighted by atomic mass is 35.5. The van der Waals surface area contributed by atoms with Gasteiger partial charge in [0.1, 0.15) is 5.82 Å². The van der Waals surface area contributed by atoms with Gasteiger partial charge in [-0.3, -0.25) is 9.48 Å². The maximum Gasteiger partial charge on any atom is 0.417 e. The predicted octanol–water partition coefficient (Wildman–Crippen LogP) is 4.44. The van der Waals surface area contributed by atoms with Crippen LogP contribution in [0.3, 0.4) is 0 Å². The monoisotopic (exact) mass is 449 g/mol. The molecule has 10 heteroatoms. The first-order chi connectivity index (χ1) is 14.6. The van der Waals surface area contributed by atoms with Crippen molar-refractivity contribution in [2.75, 3.05) is 0 Å². The van der Waals surface area contributed by atoms with Crippen molar-refractivity contribution < 1.29 is 18.0 Å². The second-order valence-corrected chi connectivity index (χ2v) is 7.91. The number of amides is 1. The first-order valence-electron chi connectivity index (χ1n) is 9.59. The minimum atomic E-state index is -4.64. The fourth-order valence-corrected chi connectivity index (χ4v) is 4.20. The molecule has 1 aromatic carbocycles. The van der Waals surface area contributed by atoms with Crippen LogP contribution in [0.25, 0.3) is 11.4 Å². The minimum Gasteiger partial charge on any atom is -0.330 e. The van der Waals surface area contributed by atoms with E-state index >= 15 is 0 Å². The molecule has 3 heterocycles. The highest BCUT2D eigenvalue weighted by molar-refractivity contribution is 6.34. The van der Waals surface area contributed by atoms with Gasteiger partial charge in [-0.15, -0.1) is 0 Å². The Morgan fingerprint density at radius 1 is 1.23 bits per heavy atom. The van der Waals surface area contributed by atoms with E-state index in [0.717, 1.165) is 23.0 Å². The molecule has 0 unspecified atom stereocenters. The fourth-order valence-electron chi connectivity index (χ4n) is 3.88. The molecular weight excluding hydrogens is 431 g/mol. The zero-order valence-corrected chi connectivity index (χ0v) is 17.8. The summed E-state index contributed by atoms with van der Waals surface area (Å²) in [5.74, 6) is -0.0263. The van der Waals surface area contributed by atoms with Crippen LogP contribution in [-0.2, 0) is 26.2 Å². The van der Waals surface area contributed by atoms with Crippen LogP contribution in [0.5, 0.6) is 0 Å². The summed E-state index contributed by atoms with van der Waals surface area (Å²) in [6.07, 6.45) is -2.51. The summed E-state index contributed by atoms with van der Waals surface area (Å²) in [6, 6.07) is 4.94. The number of nitrogens with zero attached hydrogens (tertiary/aromatic N) is 5. The lowest BCUT2D eigenvalue weighted by Gasteiger charge is -2.35. The van der Waals surface area contributed by atoms with Crippen LogP contribution in [0.2, 0.25) is 5.02 Å². The van der Waals surface area contributed by atoms with E-state index in [2.05, 4.69) is 15.1 Å². The molecule has 1 atom stereocenters. The molecule has 0 spiro atoms. The fraction of sp³-hybridized carbons (Fsp3) is 0.333. The quantitative estimate of drug-likeness (QED) is 0.580. The van der Waals surface area contributed by atoms with Gasteiger partial charge in [0, 0.05) is 24.8 Å². The van der Waals surface area contributed by atoms with Gasteiger partial charge < -0.3 is 4.90 Å². The Kier molecular flexibility index (Phi) is 5.25. The molecule has 31 heavy (non-hydrogen) atoms. The Morgan fingerprint density at radius 3 is 2.61 bits per heavy atom. The molecule has 0 radical (unpaired) electrons. The van der Waals surface area contributed by atoms with Gasteiger partial charge in [-0.2, -0.15) is 18.3 Å². The minimum absolute atomic E-state index is 0.149. The van der Waals surface area contributed by atoms with E-state index in [1.54, 1.807) is 17.8 Å². The number of aryl methyl sites for hydroxylation is 2. The lowest BCUT2D eigenvalue weighted by atomic mass is 9.94. The third-order valence-electron chi connectivity index (χ3n) is 5.42. The standard InChI is InChI=1S/C21H19ClF3N5O/c1-11-9-14-16(27-12(2)28-19(14)17-7-8-26-29(17)3)10-30(11)20(31)13-5-4-6-15(18(13)22)21(23,24)25/h4-8,11H,9-10H2,1-3H3/t11-/m1/s1. The van der Waals surface area contributed by atoms with Crippen molar-refractivity contribution in [3.05, 3.63) is 63.7 Å². The number of alkyl halides is 3. The average molecular weight is 450 g/mol. The smallest absolute Gasteiger partial charge is 0.330 e. The number of rotatable bonds is 2. The summed E-state index contributed by atoms with van der Waals surface area (Å²) < 4.78 is 41.4. The lowest BCUT2D eigenvalue weighted by molar-refractivity contribution is -0.137. The summed E-state index contributed by atoms with van der Waals surface area (Å²) in [5, 5.41) is 3.61. The Hall–Kier alpha value is -2.94. The van der Waals surface area contributed by atoms with Gasteiger partial charge in [0.15, 0.2) is 0 Å². The molecule has 0 fully saturated rings. The number of fused-ring (bicyclic) bond motifs is 1. The Morgan fingerprint density at radius 2 is 1.97 bits per heavy atom. The van der Waals surface area contributed by atoms with Crippen LogP contribution in [0.4, 0.5) is 13.2 Å². The van der Waals surface area contributed by atoms with Crippen molar-refractivity contribution in [2.24, 2.45) is 7.05 Å². The molecule has 0 saturated carbocycles. The molecule has 2 aromatic heterocycles. The molecule has 6 nitrogen and oxygen atoms in total.